The Balaban J connectivity index is 0.000000106. The second kappa shape index (κ2) is 31.5. The van der Waals surface area contributed by atoms with Crippen molar-refractivity contribution in [3.8, 4) is 77.9 Å². The van der Waals surface area contributed by atoms with E-state index in [-0.39, 0.29) is 0 Å². The Morgan fingerprint density at radius 3 is 1.26 bits per heavy atom. The van der Waals surface area contributed by atoms with Gasteiger partial charge in [0.25, 0.3) is 0 Å². The van der Waals surface area contributed by atoms with Crippen molar-refractivity contribution in [3.63, 3.8) is 0 Å². The van der Waals surface area contributed by atoms with Crippen LogP contribution in [-0.4, -0.2) is 24.9 Å². The Labute approximate surface area is 686 Å². The number of aromatic nitrogens is 5. The zero-order valence-electron chi connectivity index (χ0n) is 72.8. The molecule has 0 unspecified atom stereocenters. The molecule has 7 aliphatic rings. The molecule has 0 saturated heterocycles. The molecule has 21 rings (SSSR count). The van der Waals surface area contributed by atoms with Gasteiger partial charge in [-0.2, -0.15) is 0 Å². The Morgan fingerprint density at radius 1 is 0.191 bits per heavy atom. The van der Waals surface area contributed by atoms with E-state index in [1.165, 1.54) is 267 Å². The minimum atomic E-state index is 0.864. The first-order valence-electron chi connectivity index (χ1n) is 41.6. The van der Waals surface area contributed by atoms with Crippen LogP contribution in [0.2, 0.25) is 0 Å². The predicted molar refractivity (Wildman–Crippen MR) is 485 cm³/mol. The van der Waals surface area contributed by atoms with E-state index in [2.05, 4.69) is 330 Å². The smallest absolute Gasteiger partial charge is 0.125 e. The van der Waals surface area contributed by atoms with E-state index < -0.39 is 0 Å². The van der Waals surface area contributed by atoms with Crippen LogP contribution < -0.4 is 0 Å². The number of hydrogen-bond acceptors (Lipinski definition) is 5. The van der Waals surface area contributed by atoms with Gasteiger partial charge in [0.05, 0.1) is 17.1 Å². The van der Waals surface area contributed by atoms with E-state index in [0.29, 0.717) is 0 Å². The first-order chi connectivity index (χ1) is 55.0. The highest BCUT2D eigenvalue weighted by molar-refractivity contribution is 5.87. The molecule has 0 spiro atoms. The van der Waals surface area contributed by atoms with Crippen LogP contribution in [-0.2, 0) is 44.9 Å². The minimum Gasteiger partial charge on any atom is -0.257 e. The van der Waals surface area contributed by atoms with Crippen molar-refractivity contribution in [2.75, 3.05) is 0 Å². The van der Waals surface area contributed by atoms with Crippen LogP contribution in [0, 0.1) is 166 Å². The van der Waals surface area contributed by atoms with Crippen molar-refractivity contribution in [3.05, 3.63) is 377 Å². The molecular formula is C110H113N5. The van der Waals surface area contributed by atoms with E-state index in [4.69, 9.17) is 4.98 Å². The van der Waals surface area contributed by atoms with Crippen LogP contribution in [0.15, 0.2) is 164 Å². The van der Waals surface area contributed by atoms with E-state index in [1.807, 2.05) is 20.0 Å². The third kappa shape index (κ3) is 14.5. The number of hydrogen-bond donors (Lipinski definition) is 0. The molecule has 5 heteroatoms. The Bertz CT molecular complexity index is 6350. The summed E-state index contributed by atoms with van der Waals surface area (Å²) in [6, 6.07) is 58.0. The van der Waals surface area contributed by atoms with E-state index >= 15 is 0 Å². The van der Waals surface area contributed by atoms with Gasteiger partial charge in [-0.05, 0) is 432 Å². The van der Waals surface area contributed by atoms with Gasteiger partial charge in [0.2, 0.25) is 0 Å². The summed E-state index contributed by atoms with van der Waals surface area (Å²) in [6.07, 6.45) is 9.32. The number of benzene rings is 11. The summed E-state index contributed by atoms with van der Waals surface area (Å²) in [5, 5.41) is 0. The lowest BCUT2D eigenvalue weighted by molar-refractivity contribution is 0.965. The summed E-state index contributed by atoms with van der Waals surface area (Å²) < 4.78 is 0. The maximum Gasteiger partial charge on any atom is 0.125 e. The zero-order chi connectivity index (χ0) is 81.6. The first kappa shape index (κ1) is 79.0. The SMILES string of the molecule is Cc1cc(C)c2c(c1C)-c1ccccc1C2.Cc1cc2c(c(C)c1C)-c1ccccc1C2.Cc1cc2c(nc1C)Cc1c(C)c(C)cc(C)c1-2.Cc1ccc2c(c1C)-c1c(C)cccc1C2.Cc1ccc2c(c1C)-c1ccccc1C2.Cc1nc(C)c2c(n1)Cc1c-2ccc(C)c1C.Cc1ncc2c(n1)Cc1c(C)c(C)cc(C)c1-2. The van der Waals surface area contributed by atoms with Crippen LogP contribution in [0.5, 0.6) is 0 Å². The topological polar surface area (TPSA) is 64.5 Å². The van der Waals surface area contributed by atoms with Gasteiger partial charge in [0.15, 0.2) is 0 Å². The molecule has 14 aromatic rings. The fraction of sp³-hybridized carbons (Fsp3) is 0.282. The number of rotatable bonds is 0. The minimum absolute atomic E-state index is 0.864. The van der Waals surface area contributed by atoms with Gasteiger partial charge in [-0.1, -0.05) is 152 Å². The summed E-state index contributed by atoms with van der Waals surface area (Å²) in [5.41, 5.74) is 70.0. The molecule has 11 aromatic carbocycles. The van der Waals surface area contributed by atoms with Crippen molar-refractivity contribution in [2.24, 2.45) is 0 Å². The molecule has 5 nitrogen and oxygen atoms in total. The third-order valence-electron chi connectivity index (χ3n) is 26.9. The zero-order valence-corrected chi connectivity index (χ0v) is 72.8. The monoisotopic (exact) mass is 1500 g/mol. The lowest BCUT2D eigenvalue weighted by Crippen LogP contribution is -1.97. The lowest BCUT2D eigenvalue weighted by Gasteiger charge is -2.11. The standard InChI is InChI=1S/C17H19N.3C16H16.2C15H16N2.C15H14/c1-9-6-11(3)17-14(12(9)4)8-16-15(17)7-10(2)13(5)18-16;1-10-7-8-14-9-13-6-4-5-11(2)15(13)16(14)12(10)3;1-10-8-14-9-13-6-4-5-7-15(13)16(14)12(3)11(10)2;1-10-8-11(2)15-9-13-6-4-5-7-14(13)16(15)12(10)3;1-8-5-9(2)15-12(10(8)3)6-14-13(15)7-16-11(4)17-14;1-8-5-6-12-13(9(8)2)7-14-15(12)10(3)16-11(4)17-14;1-10-7-8-13-9-12-5-3-4-6-14(12)15(13)11(10)2/h6-7H,8H2,1-5H3;3*4-8H,9H2,1-3H3;5,7H,6H2,1-4H3;5-6H,7H2,1-4H3;3-8H,9H2,1-2H3. The normalized spacial score (nSPS) is 12.5. The molecule has 0 aliphatic heterocycles. The van der Waals surface area contributed by atoms with Crippen molar-refractivity contribution in [1.29, 1.82) is 0 Å². The summed E-state index contributed by atoms with van der Waals surface area (Å²) in [5.74, 6) is 1.74. The number of fused-ring (bicyclic) bond motifs is 21. The average Bonchev–Trinajstić information content (AvgIpc) is 1.64. The highest BCUT2D eigenvalue weighted by Gasteiger charge is 2.30. The summed E-state index contributed by atoms with van der Waals surface area (Å²) in [6.45, 7) is 52.3. The molecule has 0 fully saturated rings. The van der Waals surface area contributed by atoms with Gasteiger partial charge < -0.3 is 0 Å². The molecule has 578 valence electrons. The molecule has 115 heavy (non-hydrogen) atoms. The van der Waals surface area contributed by atoms with Crippen LogP contribution in [0.3, 0.4) is 0 Å². The lowest BCUT2D eigenvalue weighted by atomic mass is 9.93. The molecule has 0 saturated carbocycles. The third-order valence-corrected chi connectivity index (χ3v) is 26.9. The number of pyridine rings is 1. The van der Waals surface area contributed by atoms with Gasteiger partial charge in [-0.25, -0.2) is 19.9 Å². The largest absolute Gasteiger partial charge is 0.257 e. The summed E-state index contributed by atoms with van der Waals surface area (Å²) in [4.78, 5) is 22.8. The fourth-order valence-corrected chi connectivity index (χ4v) is 19.6. The van der Waals surface area contributed by atoms with Crippen LogP contribution in [0.25, 0.3) is 77.9 Å². The molecule has 0 bridgehead atoms. The quantitative estimate of drug-likeness (QED) is 0.151. The fourth-order valence-electron chi connectivity index (χ4n) is 19.6. The van der Waals surface area contributed by atoms with Crippen molar-refractivity contribution in [2.45, 2.75) is 211 Å². The second-order valence-corrected chi connectivity index (χ2v) is 34.2. The summed E-state index contributed by atoms with van der Waals surface area (Å²) >= 11 is 0. The molecule has 0 atom stereocenters. The molecule has 3 aromatic heterocycles. The van der Waals surface area contributed by atoms with E-state index in [0.717, 1.165) is 68.0 Å². The van der Waals surface area contributed by atoms with Crippen LogP contribution in [0.4, 0.5) is 0 Å². The number of aryl methyl sites for hydroxylation is 16. The van der Waals surface area contributed by atoms with Crippen molar-refractivity contribution < 1.29 is 0 Å². The molecule has 0 N–H and O–H groups in total. The molecular weight excluding hydrogens is 1390 g/mol. The summed E-state index contributed by atoms with van der Waals surface area (Å²) in [7, 11) is 0. The predicted octanol–water partition coefficient (Wildman–Crippen LogP) is 27.2. The van der Waals surface area contributed by atoms with Crippen LogP contribution in [0.1, 0.15) is 213 Å². The highest BCUT2D eigenvalue weighted by atomic mass is 14.9. The van der Waals surface area contributed by atoms with Gasteiger partial charge in [0.1, 0.15) is 11.6 Å². The second-order valence-electron chi connectivity index (χ2n) is 34.2. The Morgan fingerprint density at radius 2 is 0.635 bits per heavy atom. The van der Waals surface area contributed by atoms with Gasteiger partial charge in [0, 0.05) is 53.5 Å². The Kier molecular flexibility index (Phi) is 21.6. The maximum absolute atomic E-state index is 4.78. The van der Waals surface area contributed by atoms with E-state index in [9.17, 15) is 0 Å². The van der Waals surface area contributed by atoms with Crippen molar-refractivity contribution in [1.82, 2.24) is 24.9 Å². The molecule has 0 radical (unpaired) electrons. The number of nitrogens with zero attached hydrogens (tertiary/aromatic N) is 5. The maximum atomic E-state index is 4.78. The molecule has 3 heterocycles. The highest BCUT2D eigenvalue weighted by Crippen LogP contribution is 2.48. The molecule has 7 aliphatic carbocycles. The van der Waals surface area contributed by atoms with Gasteiger partial charge in [-0.3, -0.25) is 4.98 Å². The van der Waals surface area contributed by atoms with Gasteiger partial charge >= 0.3 is 0 Å². The van der Waals surface area contributed by atoms with E-state index in [1.54, 1.807) is 0 Å². The molecule has 0 amide bonds. The average molecular weight is 1510 g/mol. The van der Waals surface area contributed by atoms with Crippen LogP contribution >= 0.6 is 0 Å². The Hall–Kier alpha value is -11.3. The van der Waals surface area contributed by atoms with Gasteiger partial charge in [-0.15, -0.1) is 0 Å². The first-order valence-corrected chi connectivity index (χ1v) is 41.6. The van der Waals surface area contributed by atoms with Crippen molar-refractivity contribution >= 4 is 0 Å².